The lowest BCUT2D eigenvalue weighted by molar-refractivity contribution is 0.0524. The second-order valence-electron chi connectivity index (χ2n) is 5.21. The van der Waals surface area contributed by atoms with Crippen LogP contribution in [0.15, 0.2) is 6.20 Å². The number of carbonyl (C=O) groups excluding carboxylic acids is 1. The van der Waals surface area contributed by atoms with E-state index in [9.17, 15) is 4.79 Å². The fourth-order valence-electron chi connectivity index (χ4n) is 2.89. The van der Waals surface area contributed by atoms with Gasteiger partial charge in [0.15, 0.2) is 0 Å². The molecule has 1 fully saturated rings. The van der Waals surface area contributed by atoms with E-state index in [4.69, 9.17) is 4.74 Å². The molecule has 0 amide bonds. The molecule has 0 aliphatic heterocycles. The Balaban J connectivity index is 2.25. The smallest absolute Gasteiger partial charge is 0.341 e. The molecule has 0 aromatic carbocycles. The van der Waals surface area contributed by atoms with E-state index in [0.717, 1.165) is 18.5 Å². The van der Waals surface area contributed by atoms with E-state index in [-0.39, 0.29) is 5.97 Å². The van der Waals surface area contributed by atoms with Crippen molar-refractivity contribution in [1.82, 2.24) is 9.78 Å². The Labute approximate surface area is 115 Å². The molecule has 4 nitrogen and oxygen atoms in total. The van der Waals surface area contributed by atoms with Gasteiger partial charge in [-0.15, -0.1) is 0 Å². The van der Waals surface area contributed by atoms with Gasteiger partial charge in [0.2, 0.25) is 0 Å². The van der Waals surface area contributed by atoms with Gasteiger partial charge in [-0.3, -0.25) is 4.68 Å². The highest BCUT2D eigenvalue weighted by atomic mass is 16.5. The van der Waals surface area contributed by atoms with Crippen molar-refractivity contribution in [2.45, 2.75) is 64.8 Å². The second kappa shape index (κ2) is 6.73. The fraction of sp³-hybridized carbons (Fsp3) is 0.733. The van der Waals surface area contributed by atoms with Crippen molar-refractivity contribution in [2.75, 3.05) is 6.61 Å². The molecule has 0 spiro atoms. The Morgan fingerprint density at radius 3 is 2.74 bits per heavy atom. The summed E-state index contributed by atoms with van der Waals surface area (Å²) >= 11 is 0. The summed E-state index contributed by atoms with van der Waals surface area (Å²) in [5.74, 6) is -0.229. The van der Waals surface area contributed by atoms with Crippen molar-refractivity contribution >= 4 is 5.97 Å². The third-order valence-electron chi connectivity index (χ3n) is 3.80. The number of ether oxygens (including phenoxy) is 1. The highest BCUT2D eigenvalue weighted by molar-refractivity contribution is 5.90. The molecule has 1 aromatic rings. The first-order valence-electron chi connectivity index (χ1n) is 7.51. The van der Waals surface area contributed by atoms with Gasteiger partial charge < -0.3 is 4.74 Å². The lowest BCUT2D eigenvalue weighted by Crippen LogP contribution is -2.18. The average molecular weight is 264 g/mol. The van der Waals surface area contributed by atoms with Crippen LogP contribution in [-0.2, 0) is 11.2 Å². The van der Waals surface area contributed by atoms with E-state index >= 15 is 0 Å². The predicted octanol–water partition coefficient (Wildman–Crippen LogP) is 3.52. The van der Waals surface area contributed by atoms with Crippen LogP contribution in [0.4, 0.5) is 0 Å². The van der Waals surface area contributed by atoms with Gasteiger partial charge in [-0.1, -0.05) is 32.6 Å². The summed E-state index contributed by atoms with van der Waals surface area (Å²) in [4.78, 5) is 12.0. The summed E-state index contributed by atoms with van der Waals surface area (Å²) < 4.78 is 7.22. The van der Waals surface area contributed by atoms with Gasteiger partial charge in [-0.2, -0.15) is 5.10 Å². The molecule has 0 radical (unpaired) electrons. The van der Waals surface area contributed by atoms with Crippen LogP contribution >= 0.6 is 0 Å². The Bertz CT molecular complexity index is 420. The lowest BCUT2D eigenvalue weighted by Gasteiger charge is -2.24. The molecule has 1 saturated carbocycles. The first kappa shape index (κ1) is 14.1. The summed E-state index contributed by atoms with van der Waals surface area (Å²) in [6.07, 6.45) is 9.83. The summed E-state index contributed by atoms with van der Waals surface area (Å²) in [7, 11) is 0. The number of rotatable bonds is 5. The van der Waals surface area contributed by atoms with Crippen LogP contribution in [0.1, 0.15) is 74.5 Å². The lowest BCUT2D eigenvalue weighted by atomic mass is 9.95. The first-order valence-corrected chi connectivity index (χ1v) is 7.51. The van der Waals surface area contributed by atoms with Crippen molar-refractivity contribution in [3.8, 4) is 0 Å². The van der Waals surface area contributed by atoms with Crippen LogP contribution in [0.3, 0.4) is 0 Å². The van der Waals surface area contributed by atoms with Gasteiger partial charge >= 0.3 is 5.97 Å². The van der Waals surface area contributed by atoms with Crippen LogP contribution in [0.2, 0.25) is 0 Å². The maximum atomic E-state index is 12.0. The summed E-state index contributed by atoms with van der Waals surface area (Å²) in [5.41, 5.74) is 1.72. The third-order valence-corrected chi connectivity index (χ3v) is 3.80. The van der Waals surface area contributed by atoms with Crippen molar-refractivity contribution in [3.63, 3.8) is 0 Å². The number of hydrogen-bond acceptors (Lipinski definition) is 3. The molecule has 1 heterocycles. The van der Waals surface area contributed by atoms with Crippen molar-refractivity contribution in [2.24, 2.45) is 0 Å². The van der Waals surface area contributed by atoms with Crippen molar-refractivity contribution in [3.05, 3.63) is 17.5 Å². The molecule has 0 unspecified atom stereocenters. The van der Waals surface area contributed by atoms with E-state index in [1.165, 1.54) is 32.1 Å². The number of esters is 1. The van der Waals surface area contributed by atoms with E-state index in [1.807, 2.05) is 6.92 Å². The molecule has 106 valence electrons. The topological polar surface area (TPSA) is 44.1 Å². The minimum absolute atomic E-state index is 0.229. The Kier molecular flexibility index (Phi) is 5.00. The van der Waals surface area contributed by atoms with E-state index < -0.39 is 0 Å². The SMILES string of the molecule is CCCc1c(C(=O)OCC)cnn1C1CCCCC1. The fourth-order valence-corrected chi connectivity index (χ4v) is 2.89. The minimum atomic E-state index is -0.229. The molecule has 0 N–H and O–H groups in total. The standard InChI is InChI=1S/C15H24N2O2/c1-3-8-14-13(15(18)19-4-2)11-16-17(14)12-9-6-5-7-10-12/h11-12H,3-10H2,1-2H3. The van der Waals surface area contributed by atoms with Gasteiger partial charge in [0, 0.05) is 0 Å². The first-order chi connectivity index (χ1) is 9.27. The number of aromatic nitrogens is 2. The molecule has 1 aliphatic carbocycles. The van der Waals surface area contributed by atoms with E-state index in [1.54, 1.807) is 6.20 Å². The number of carbonyl (C=O) groups is 1. The van der Waals surface area contributed by atoms with Crippen LogP contribution in [0.25, 0.3) is 0 Å². The van der Waals surface area contributed by atoms with Gasteiger partial charge in [0.1, 0.15) is 5.56 Å². The van der Waals surface area contributed by atoms with Gasteiger partial charge in [-0.25, -0.2) is 4.79 Å². The summed E-state index contributed by atoms with van der Waals surface area (Å²) in [6, 6.07) is 0.471. The summed E-state index contributed by atoms with van der Waals surface area (Å²) in [5, 5.41) is 4.48. The van der Waals surface area contributed by atoms with Crippen molar-refractivity contribution < 1.29 is 9.53 Å². The van der Waals surface area contributed by atoms with Crippen LogP contribution in [0, 0.1) is 0 Å². The van der Waals surface area contributed by atoms with E-state index in [2.05, 4.69) is 16.7 Å². The average Bonchev–Trinajstić information content (AvgIpc) is 2.84. The second-order valence-corrected chi connectivity index (χ2v) is 5.21. The molecule has 0 bridgehead atoms. The Morgan fingerprint density at radius 1 is 1.37 bits per heavy atom. The molecule has 19 heavy (non-hydrogen) atoms. The van der Waals surface area contributed by atoms with Crippen LogP contribution < -0.4 is 0 Å². The largest absolute Gasteiger partial charge is 0.462 e. The highest BCUT2D eigenvalue weighted by Gasteiger charge is 2.23. The van der Waals surface area contributed by atoms with Crippen molar-refractivity contribution in [1.29, 1.82) is 0 Å². The minimum Gasteiger partial charge on any atom is -0.462 e. The Hall–Kier alpha value is -1.32. The number of nitrogens with zero attached hydrogens (tertiary/aromatic N) is 2. The highest BCUT2D eigenvalue weighted by Crippen LogP contribution is 2.30. The molecule has 0 saturated heterocycles. The molecule has 1 aliphatic rings. The zero-order valence-electron chi connectivity index (χ0n) is 12.0. The summed E-state index contributed by atoms with van der Waals surface area (Å²) in [6.45, 7) is 4.38. The normalized spacial score (nSPS) is 16.5. The molecule has 2 rings (SSSR count). The molecule has 4 heteroatoms. The zero-order valence-corrected chi connectivity index (χ0v) is 12.0. The molecular weight excluding hydrogens is 240 g/mol. The molecule has 0 atom stereocenters. The van der Waals surface area contributed by atoms with E-state index in [0.29, 0.717) is 18.2 Å². The quantitative estimate of drug-likeness (QED) is 0.764. The number of hydrogen-bond donors (Lipinski definition) is 0. The van der Waals surface area contributed by atoms with Gasteiger partial charge in [0.05, 0.1) is 24.5 Å². The monoisotopic (exact) mass is 264 g/mol. The zero-order chi connectivity index (χ0) is 13.7. The Morgan fingerprint density at radius 2 is 2.11 bits per heavy atom. The molecule has 1 aromatic heterocycles. The van der Waals surface area contributed by atoms with Gasteiger partial charge in [-0.05, 0) is 26.2 Å². The van der Waals surface area contributed by atoms with Crippen LogP contribution in [-0.4, -0.2) is 22.4 Å². The maximum absolute atomic E-state index is 12.0. The molecular formula is C15H24N2O2. The predicted molar refractivity (Wildman–Crippen MR) is 74.3 cm³/mol. The third kappa shape index (κ3) is 3.17. The van der Waals surface area contributed by atoms with Gasteiger partial charge in [0.25, 0.3) is 0 Å². The maximum Gasteiger partial charge on any atom is 0.341 e. The van der Waals surface area contributed by atoms with Crippen LogP contribution in [0.5, 0.6) is 0 Å².